The number of benzene rings is 3. The maximum atomic E-state index is 9.19. The van der Waals surface area contributed by atoms with Crippen molar-refractivity contribution in [3.63, 3.8) is 0 Å². The summed E-state index contributed by atoms with van der Waals surface area (Å²) >= 11 is 0. The molecule has 0 aliphatic heterocycles. The summed E-state index contributed by atoms with van der Waals surface area (Å²) in [5, 5.41) is 0. The molecule has 0 radical (unpaired) electrons. The zero-order valence-electron chi connectivity index (χ0n) is 24.4. The SMILES string of the molecule is COc1ccc(C(C)C(C)c2ccc(C(C)C(C)c3ccc(OC)cc3)cc2)cc1.CS(=O)(=O)O.CS(=O)(=O)O. The molecule has 3 aromatic carbocycles. The Hall–Kier alpha value is -2.92. The van der Waals surface area contributed by atoms with Crippen molar-refractivity contribution in [3.8, 4) is 11.5 Å². The van der Waals surface area contributed by atoms with Crippen molar-refractivity contribution in [3.05, 3.63) is 95.1 Å². The van der Waals surface area contributed by atoms with Crippen LogP contribution in [0.2, 0.25) is 0 Å². The summed E-state index contributed by atoms with van der Waals surface area (Å²) in [6.07, 6.45) is 1.43. The minimum absolute atomic E-state index is 0.442. The third-order valence-electron chi connectivity index (χ3n) is 6.77. The lowest BCUT2D eigenvalue weighted by atomic mass is 9.81. The summed E-state index contributed by atoms with van der Waals surface area (Å²) in [4.78, 5) is 0. The molecule has 0 aliphatic carbocycles. The molecule has 4 unspecified atom stereocenters. The van der Waals surface area contributed by atoms with Crippen molar-refractivity contribution in [2.24, 2.45) is 0 Å². The highest BCUT2D eigenvalue weighted by atomic mass is 32.2. The Labute approximate surface area is 239 Å². The molecule has 10 heteroatoms. The van der Waals surface area contributed by atoms with E-state index in [9.17, 15) is 16.8 Å². The number of methoxy groups -OCH3 is 2. The lowest BCUT2D eigenvalue weighted by Gasteiger charge is -2.24. The summed E-state index contributed by atoms with van der Waals surface area (Å²) in [6.45, 7) is 9.23. The molecule has 0 bridgehead atoms. The Bertz CT molecular complexity index is 1240. The second kappa shape index (κ2) is 15.8. The van der Waals surface area contributed by atoms with Crippen LogP contribution in [-0.2, 0) is 20.2 Å². The highest BCUT2D eigenvalue weighted by molar-refractivity contribution is 7.85. The Balaban J connectivity index is 0.000000686. The molecular formula is C30H42O8S2. The van der Waals surface area contributed by atoms with Gasteiger partial charge in [0.05, 0.1) is 26.7 Å². The molecule has 0 saturated heterocycles. The van der Waals surface area contributed by atoms with Crippen molar-refractivity contribution in [2.45, 2.75) is 51.4 Å². The monoisotopic (exact) mass is 594 g/mol. The highest BCUT2D eigenvalue weighted by Gasteiger charge is 2.19. The van der Waals surface area contributed by atoms with E-state index in [2.05, 4.69) is 76.2 Å². The zero-order valence-corrected chi connectivity index (χ0v) is 26.0. The second-order valence-corrected chi connectivity index (χ2v) is 12.8. The van der Waals surface area contributed by atoms with Crippen LogP contribution >= 0.6 is 0 Å². The number of hydrogen-bond donors (Lipinski definition) is 2. The topological polar surface area (TPSA) is 127 Å². The predicted octanol–water partition coefficient (Wildman–Crippen LogP) is 6.53. The molecule has 0 heterocycles. The van der Waals surface area contributed by atoms with Gasteiger partial charge in [-0.2, -0.15) is 16.8 Å². The Kier molecular flexibility index (Phi) is 13.8. The minimum atomic E-state index is -3.67. The van der Waals surface area contributed by atoms with E-state index in [-0.39, 0.29) is 0 Å². The maximum Gasteiger partial charge on any atom is 0.261 e. The third kappa shape index (κ3) is 13.4. The van der Waals surface area contributed by atoms with Gasteiger partial charge in [0.2, 0.25) is 0 Å². The van der Waals surface area contributed by atoms with Crippen LogP contribution in [0.1, 0.15) is 73.6 Å². The summed E-state index contributed by atoms with van der Waals surface area (Å²) in [5.74, 6) is 3.59. The van der Waals surface area contributed by atoms with Gasteiger partial charge in [-0.05, 0) is 70.2 Å². The smallest absolute Gasteiger partial charge is 0.261 e. The molecule has 0 fully saturated rings. The van der Waals surface area contributed by atoms with E-state index < -0.39 is 20.2 Å². The standard InChI is InChI=1S/C28H34O2.2CH4O3S/c1-19(21(3)25-11-15-27(29-5)16-12-25)23-7-9-24(10-8-23)20(2)22(4)26-13-17-28(30-6)18-14-26;2*1-5(2,3)4/h7-22H,1-6H3;2*1H3,(H,2,3,4). The molecular weight excluding hydrogens is 552 g/mol. The highest BCUT2D eigenvalue weighted by Crippen LogP contribution is 2.36. The van der Waals surface area contributed by atoms with Crippen LogP contribution in [-0.4, -0.2) is 52.7 Å². The first-order chi connectivity index (χ1) is 18.4. The van der Waals surface area contributed by atoms with Crippen LogP contribution in [0, 0.1) is 0 Å². The van der Waals surface area contributed by atoms with Crippen LogP contribution in [0.5, 0.6) is 11.5 Å². The minimum Gasteiger partial charge on any atom is -0.497 e. The van der Waals surface area contributed by atoms with Gasteiger partial charge in [0.1, 0.15) is 11.5 Å². The molecule has 3 rings (SSSR count). The van der Waals surface area contributed by atoms with E-state index in [1.54, 1.807) is 14.2 Å². The van der Waals surface area contributed by atoms with Crippen molar-refractivity contribution in [2.75, 3.05) is 26.7 Å². The van der Waals surface area contributed by atoms with Crippen molar-refractivity contribution in [1.29, 1.82) is 0 Å². The molecule has 0 saturated carbocycles. The average molecular weight is 595 g/mol. The molecule has 0 aliphatic rings. The van der Waals surface area contributed by atoms with Gasteiger partial charge in [-0.25, -0.2) is 0 Å². The molecule has 0 spiro atoms. The van der Waals surface area contributed by atoms with E-state index in [4.69, 9.17) is 18.6 Å². The Morgan fingerprint density at radius 1 is 0.475 bits per heavy atom. The predicted molar refractivity (Wildman–Crippen MR) is 161 cm³/mol. The fraction of sp³-hybridized carbons (Fsp3) is 0.400. The van der Waals surface area contributed by atoms with Crippen LogP contribution in [0.15, 0.2) is 72.8 Å². The number of hydrogen-bond acceptors (Lipinski definition) is 6. The van der Waals surface area contributed by atoms with Gasteiger partial charge in [-0.1, -0.05) is 76.2 Å². The van der Waals surface area contributed by atoms with Gasteiger partial charge < -0.3 is 9.47 Å². The number of rotatable bonds is 8. The first-order valence-corrected chi connectivity index (χ1v) is 16.4. The molecule has 0 amide bonds. The van der Waals surface area contributed by atoms with E-state index in [1.165, 1.54) is 22.3 Å². The quantitative estimate of drug-likeness (QED) is 0.282. The first-order valence-electron chi connectivity index (χ1n) is 12.7. The normalized spacial score (nSPS) is 14.2. The lowest BCUT2D eigenvalue weighted by molar-refractivity contribution is 0.414. The average Bonchev–Trinajstić information content (AvgIpc) is 2.89. The summed E-state index contributed by atoms with van der Waals surface area (Å²) < 4.78 is 62.3. The molecule has 3 aromatic rings. The van der Waals surface area contributed by atoms with E-state index in [0.29, 0.717) is 36.2 Å². The van der Waals surface area contributed by atoms with E-state index in [0.717, 1.165) is 11.5 Å². The fourth-order valence-corrected chi connectivity index (χ4v) is 4.07. The van der Waals surface area contributed by atoms with Gasteiger partial charge in [0, 0.05) is 0 Å². The van der Waals surface area contributed by atoms with Gasteiger partial charge in [-0.3, -0.25) is 9.11 Å². The van der Waals surface area contributed by atoms with E-state index >= 15 is 0 Å². The van der Waals surface area contributed by atoms with Crippen LogP contribution < -0.4 is 9.47 Å². The van der Waals surface area contributed by atoms with Gasteiger partial charge in [0.25, 0.3) is 20.2 Å². The maximum absolute atomic E-state index is 9.19. The lowest BCUT2D eigenvalue weighted by Crippen LogP contribution is -2.07. The summed E-state index contributed by atoms with van der Waals surface area (Å²) in [6, 6.07) is 26.1. The summed E-state index contributed by atoms with van der Waals surface area (Å²) in [7, 11) is -3.92. The Morgan fingerprint density at radius 3 is 0.775 bits per heavy atom. The molecule has 4 atom stereocenters. The van der Waals surface area contributed by atoms with Gasteiger partial charge >= 0.3 is 0 Å². The Morgan fingerprint density at radius 2 is 0.625 bits per heavy atom. The van der Waals surface area contributed by atoms with Crippen LogP contribution in [0.3, 0.4) is 0 Å². The molecule has 8 nitrogen and oxygen atoms in total. The number of ether oxygens (including phenoxy) is 2. The molecule has 222 valence electrons. The van der Waals surface area contributed by atoms with E-state index in [1.807, 2.05) is 24.3 Å². The van der Waals surface area contributed by atoms with Crippen molar-refractivity contribution < 1.29 is 35.4 Å². The second-order valence-electron chi connectivity index (χ2n) is 9.83. The molecule has 0 aromatic heterocycles. The largest absolute Gasteiger partial charge is 0.497 e. The fourth-order valence-electron chi connectivity index (χ4n) is 4.07. The molecule has 2 N–H and O–H groups in total. The van der Waals surface area contributed by atoms with Gasteiger partial charge in [-0.15, -0.1) is 0 Å². The van der Waals surface area contributed by atoms with Gasteiger partial charge in [0.15, 0.2) is 0 Å². The summed E-state index contributed by atoms with van der Waals surface area (Å²) in [5.41, 5.74) is 5.44. The zero-order chi connectivity index (χ0) is 30.7. The van der Waals surface area contributed by atoms with Crippen LogP contribution in [0.4, 0.5) is 0 Å². The molecule has 40 heavy (non-hydrogen) atoms. The van der Waals surface area contributed by atoms with Crippen molar-refractivity contribution >= 4 is 20.2 Å². The first kappa shape index (κ1) is 35.1. The third-order valence-corrected chi connectivity index (χ3v) is 6.77. The van der Waals surface area contributed by atoms with Crippen LogP contribution in [0.25, 0.3) is 0 Å². The van der Waals surface area contributed by atoms with Crippen molar-refractivity contribution in [1.82, 2.24) is 0 Å².